The van der Waals surface area contributed by atoms with Gasteiger partial charge >= 0.3 is 0 Å². The van der Waals surface area contributed by atoms with Gasteiger partial charge < -0.3 is 10.6 Å². The number of piperidine rings is 1. The first-order valence-corrected chi connectivity index (χ1v) is 7.82. The third-order valence-electron chi connectivity index (χ3n) is 4.96. The van der Waals surface area contributed by atoms with Gasteiger partial charge in [-0.3, -0.25) is 0 Å². The van der Waals surface area contributed by atoms with E-state index in [0.29, 0.717) is 6.04 Å². The summed E-state index contributed by atoms with van der Waals surface area (Å²) >= 11 is 0. The molecule has 0 unspecified atom stereocenters. The van der Waals surface area contributed by atoms with Gasteiger partial charge in [-0.05, 0) is 45.4 Å². The van der Waals surface area contributed by atoms with E-state index in [1.807, 2.05) is 6.92 Å². The molecule has 4 heteroatoms. The number of aryl methyl sites for hydroxylation is 2. The van der Waals surface area contributed by atoms with Crippen LogP contribution in [0, 0.1) is 12.8 Å². The van der Waals surface area contributed by atoms with Gasteiger partial charge in [-0.15, -0.1) is 0 Å². The number of hydrogen-bond donors (Lipinski definition) is 1. The lowest BCUT2D eigenvalue weighted by atomic mass is 9.78. The van der Waals surface area contributed by atoms with E-state index < -0.39 is 0 Å². The molecule has 106 valence electrons. The van der Waals surface area contributed by atoms with E-state index in [9.17, 15) is 0 Å². The van der Waals surface area contributed by atoms with Crippen LogP contribution in [0.1, 0.15) is 51.1 Å². The Labute approximate surface area is 116 Å². The summed E-state index contributed by atoms with van der Waals surface area (Å²) in [7, 11) is 0. The van der Waals surface area contributed by atoms with Gasteiger partial charge in [0.25, 0.3) is 0 Å². The monoisotopic (exact) mass is 262 g/mol. The van der Waals surface area contributed by atoms with E-state index in [4.69, 9.17) is 5.73 Å². The molecule has 0 spiro atoms. The molecule has 1 aromatic rings. The average Bonchev–Trinajstić information content (AvgIpc) is 2.74. The van der Waals surface area contributed by atoms with Crippen molar-refractivity contribution in [3.05, 3.63) is 5.69 Å². The number of nitrogens with zero attached hydrogens (tertiary/aromatic N) is 3. The van der Waals surface area contributed by atoms with Crippen molar-refractivity contribution in [3.8, 4) is 0 Å². The van der Waals surface area contributed by atoms with Crippen LogP contribution in [0.5, 0.6) is 0 Å². The zero-order valence-corrected chi connectivity index (χ0v) is 12.2. The van der Waals surface area contributed by atoms with Gasteiger partial charge in [0.05, 0.1) is 11.4 Å². The number of nitrogens with two attached hydrogens (primary N) is 1. The Morgan fingerprint density at radius 2 is 1.95 bits per heavy atom. The van der Waals surface area contributed by atoms with Crippen molar-refractivity contribution in [2.45, 2.75) is 65.0 Å². The fourth-order valence-electron chi connectivity index (χ4n) is 3.99. The lowest BCUT2D eigenvalue weighted by Gasteiger charge is -2.45. The lowest BCUT2D eigenvalue weighted by Crippen LogP contribution is -2.48. The van der Waals surface area contributed by atoms with Crippen LogP contribution in [-0.2, 0) is 6.54 Å². The van der Waals surface area contributed by atoms with Crippen LogP contribution >= 0.6 is 0 Å². The van der Waals surface area contributed by atoms with Crippen molar-refractivity contribution >= 4 is 11.5 Å². The van der Waals surface area contributed by atoms with Crippen molar-refractivity contribution in [3.63, 3.8) is 0 Å². The summed E-state index contributed by atoms with van der Waals surface area (Å²) in [5, 5.41) is 4.59. The molecular formula is C15H26N4. The van der Waals surface area contributed by atoms with Crippen LogP contribution in [0.2, 0.25) is 0 Å². The molecule has 3 rings (SSSR count). The van der Waals surface area contributed by atoms with Crippen molar-refractivity contribution in [1.82, 2.24) is 9.78 Å². The Morgan fingerprint density at radius 3 is 2.74 bits per heavy atom. The number of rotatable bonds is 2. The van der Waals surface area contributed by atoms with Crippen molar-refractivity contribution in [2.75, 3.05) is 17.2 Å². The van der Waals surface area contributed by atoms with E-state index in [2.05, 4.69) is 21.6 Å². The summed E-state index contributed by atoms with van der Waals surface area (Å²) in [6.45, 7) is 6.22. The van der Waals surface area contributed by atoms with Crippen LogP contribution in [0.4, 0.5) is 11.5 Å². The van der Waals surface area contributed by atoms with Gasteiger partial charge in [0, 0.05) is 19.1 Å². The Bertz CT molecular complexity index is 449. The van der Waals surface area contributed by atoms with Crippen molar-refractivity contribution in [2.24, 2.45) is 5.92 Å². The summed E-state index contributed by atoms with van der Waals surface area (Å²) in [6.07, 6.45) is 8.22. The smallest absolute Gasteiger partial charge is 0.150 e. The zero-order valence-electron chi connectivity index (χ0n) is 12.2. The molecule has 1 aliphatic carbocycles. The van der Waals surface area contributed by atoms with Gasteiger partial charge in [0.15, 0.2) is 5.82 Å². The van der Waals surface area contributed by atoms with Crippen molar-refractivity contribution in [1.29, 1.82) is 0 Å². The first-order chi connectivity index (χ1) is 9.22. The molecule has 2 N–H and O–H groups in total. The minimum atomic E-state index is 0.700. The number of hydrogen-bond acceptors (Lipinski definition) is 3. The maximum Gasteiger partial charge on any atom is 0.150 e. The molecule has 19 heavy (non-hydrogen) atoms. The highest BCUT2D eigenvalue weighted by molar-refractivity contribution is 5.67. The number of aromatic nitrogens is 2. The highest BCUT2D eigenvalue weighted by Gasteiger charge is 2.35. The predicted molar refractivity (Wildman–Crippen MR) is 79.4 cm³/mol. The van der Waals surface area contributed by atoms with E-state index in [0.717, 1.165) is 30.4 Å². The first kappa shape index (κ1) is 12.8. The molecule has 2 atom stereocenters. The Kier molecular flexibility index (Phi) is 3.42. The van der Waals surface area contributed by atoms with Crippen LogP contribution in [0.3, 0.4) is 0 Å². The van der Waals surface area contributed by atoms with Crippen LogP contribution < -0.4 is 10.6 Å². The summed E-state index contributed by atoms with van der Waals surface area (Å²) < 4.78 is 2.10. The highest BCUT2D eigenvalue weighted by atomic mass is 15.4. The van der Waals surface area contributed by atoms with E-state index in [-0.39, 0.29) is 0 Å². The second kappa shape index (κ2) is 5.06. The summed E-state index contributed by atoms with van der Waals surface area (Å²) in [5.41, 5.74) is 8.18. The minimum Gasteiger partial charge on any atom is -0.394 e. The Morgan fingerprint density at radius 1 is 1.21 bits per heavy atom. The third-order valence-corrected chi connectivity index (χ3v) is 4.96. The van der Waals surface area contributed by atoms with Gasteiger partial charge in [-0.2, -0.15) is 5.10 Å². The fourth-order valence-corrected chi connectivity index (χ4v) is 3.99. The Hall–Kier alpha value is -1.19. The maximum absolute atomic E-state index is 6.31. The zero-order chi connectivity index (χ0) is 13.4. The molecule has 1 saturated heterocycles. The number of fused-ring (bicyclic) bond motifs is 1. The van der Waals surface area contributed by atoms with Crippen LogP contribution in [0.25, 0.3) is 0 Å². The SMILES string of the molecule is CCn1nc(C)c(N)c1N1CCC[C@H]2CCCC[C@H]21. The highest BCUT2D eigenvalue weighted by Crippen LogP contribution is 2.40. The van der Waals surface area contributed by atoms with Gasteiger partial charge in [0.2, 0.25) is 0 Å². The second-order valence-corrected chi connectivity index (χ2v) is 6.09. The Balaban J connectivity index is 1.95. The molecule has 4 nitrogen and oxygen atoms in total. The minimum absolute atomic E-state index is 0.700. The van der Waals surface area contributed by atoms with Crippen LogP contribution in [0.15, 0.2) is 0 Å². The van der Waals surface area contributed by atoms with Crippen molar-refractivity contribution < 1.29 is 0 Å². The van der Waals surface area contributed by atoms with Gasteiger partial charge in [-0.1, -0.05) is 12.8 Å². The van der Waals surface area contributed by atoms with Gasteiger partial charge in [-0.25, -0.2) is 4.68 Å². The number of anilines is 2. The topological polar surface area (TPSA) is 47.1 Å². The summed E-state index contributed by atoms with van der Waals surface area (Å²) in [4.78, 5) is 2.58. The largest absolute Gasteiger partial charge is 0.394 e. The molecule has 1 aliphatic heterocycles. The fraction of sp³-hybridized carbons (Fsp3) is 0.800. The molecule has 0 amide bonds. The molecular weight excluding hydrogens is 236 g/mol. The molecule has 2 fully saturated rings. The average molecular weight is 262 g/mol. The summed E-state index contributed by atoms with van der Waals surface area (Å²) in [5.74, 6) is 2.07. The van der Waals surface area contributed by atoms with Gasteiger partial charge in [0.1, 0.15) is 0 Å². The molecule has 1 saturated carbocycles. The van der Waals surface area contributed by atoms with E-state index in [1.54, 1.807) is 0 Å². The molecule has 2 aliphatic rings. The maximum atomic E-state index is 6.31. The standard InChI is InChI=1S/C15H26N4/c1-3-19-15(14(16)11(2)17-19)18-10-6-8-12-7-4-5-9-13(12)18/h12-13H,3-10,16H2,1-2H3/t12-,13-/m1/s1. The molecule has 1 aromatic heterocycles. The quantitative estimate of drug-likeness (QED) is 0.891. The second-order valence-electron chi connectivity index (χ2n) is 6.09. The van der Waals surface area contributed by atoms with E-state index in [1.165, 1.54) is 44.3 Å². The molecule has 0 bridgehead atoms. The van der Waals surface area contributed by atoms with E-state index >= 15 is 0 Å². The lowest BCUT2D eigenvalue weighted by molar-refractivity contribution is 0.241. The molecule has 2 heterocycles. The van der Waals surface area contributed by atoms with Crippen LogP contribution in [-0.4, -0.2) is 22.4 Å². The summed E-state index contributed by atoms with van der Waals surface area (Å²) in [6, 6.07) is 0.700. The predicted octanol–water partition coefficient (Wildman–Crippen LogP) is 2.95. The third kappa shape index (κ3) is 2.11. The number of nitrogen functional groups attached to an aromatic ring is 1. The molecule has 0 aromatic carbocycles. The molecule has 0 radical (unpaired) electrons. The first-order valence-electron chi connectivity index (χ1n) is 7.82. The normalized spacial score (nSPS) is 27.4.